The Morgan fingerprint density at radius 2 is 1.90 bits per heavy atom. The van der Waals surface area contributed by atoms with Crippen LogP contribution in [0.15, 0.2) is 30.6 Å². The fourth-order valence-electron chi connectivity index (χ4n) is 3.46. The highest BCUT2D eigenvalue weighted by Gasteiger charge is 2.20. The molecule has 0 spiro atoms. The van der Waals surface area contributed by atoms with Gasteiger partial charge in [0.1, 0.15) is 6.33 Å². The SMILES string of the molecule is CCOC(=O)C[C@@H](NC(=O)CCc1c(C)nc2ncnn2c1C)c1ccc(C)cc1. The van der Waals surface area contributed by atoms with Gasteiger partial charge in [-0.3, -0.25) is 9.59 Å². The minimum Gasteiger partial charge on any atom is -0.466 e. The van der Waals surface area contributed by atoms with E-state index in [9.17, 15) is 9.59 Å². The van der Waals surface area contributed by atoms with Crippen LogP contribution < -0.4 is 5.32 Å². The van der Waals surface area contributed by atoms with Crippen molar-refractivity contribution in [1.29, 1.82) is 0 Å². The van der Waals surface area contributed by atoms with Crippen LogP contribution in [0, 0.1) is 20.8 Å². The van der Waals surface area contributed by atoms with E-state index in [4.69, 9.17) is 4.74 Å². The van der Waals surface area contributed by atoms with E-state index in [2.05, 4.69) is 20.4 Å². The molecule has 158 valence electrons. The summed E-state index contributed by atoms with van der Waals surface area (Å²) < 4.78 is 6.76. The quantitative estimate of drug-likeness (QED) is 0.575. The summed E-state index contributed by atoms with van der Waals surface area (Å²) in [6.07, 6.45) is 2.35. The third kappa shape index (κ3) is 5.00. The number of hydrogen-bond acceptors (Lipinski definition) is 6. The van der Waals surface area contributed by atoms with Gasteiger partial charge in [-0.1, -0.05) is 29.8 Å². The molecule has 2 aromatic heterocycles. The van der Waals surface area contributed by atoms with Crippen LogP contribution in [0.4, 0.5) is 0 Å². The van der Waals surface area contributed by atoms with E-state index >= 15 is 0 Å². The molecule has 1 aromatic carbocycles. The standard InChI is InChI=1S/C22H27N5O3/c1-5-30-21(29)12-19(17-8-6-14(2)7-9-17)26-20(28)11-10-18-15(3)25-22-23-13-24-27(22)16(18)4/h6-9,13,19H,5,10-12H2,1-4H3,(H,26,28)/t19-/m1/s1. The third-order valence-electron chi connectivity index (χ3n) is 5.08. The molecule has 1 amide bonds. The van der Waals surface area contributed by atoms with Gasteiger partial charge in [0.05, 0.1) is 19.1 Å². The molecule has 30 heavy (non-hydrogen) atoms. The first-order valence-electron chi connectivity index (χ1n) is 10.1. The van der Waals surface area contributed by atoms with Crippen molar-refractivity contribution in [2.24, 2.45) is 0 Å². The molecule has 0 aliphatic carbocycles. The molecule has 1 atom stereocenters. The first-order valence-corrected chi connectivity index (χ1v) is 10.1. The number of nitrogens with zero attached hydrogens (tertiary/aromatic N) is 4. The molecule has 0 radical (unpaired) electrons. The van der Waals surface area contributed by atoms with Crippen molar-refractivity contribution < 1.29 is 14.3 Å². The zero-order chi connectivity index (χ0) is 21.7. The van der Waals surface area contributed by atoms with Crippen LogP contribution in [0.2, 0.25) is 0 Å². The van der Waals surface area contributed by atoms with Crippen molar-refractivity contribution in [3.63, 3.8) is 0 Å². The summed E-state index contributed by atoms with van der Waals surface area (Å²) in [5.41, 5.74) is 4.72. The molecule has 3 rings (SSSR count). The number of hydrogen-bond donors (Lipinski definition) is 1. The number of amides is 1. The van der Waals surface area contributed by atoms with E-state index in [-0.39, 0.29) is 24.7 Å². The molecular formula is C22H27N5O3. The second kappa shape index (κ2) is 9.47. The van der Waals surface area contributed by atoms with Crippen LogP contribution in [-0.4, -0.2) is 38.1 Å². The first-order chi connectivity index (χ1) is 14.4. The number of ether oxygens (including phenoxy) is 1. The van der Waals surface area contributed by atoms with E-state index in [1.165, 1.54) is 6.33 Å². The minimum atomic E-state index is -0.435. The van der Waals surface area contributed by atoms with Gasteiger partial charge in [-0.2, -0.15) is 10.1 Å². The number of rotatable bonds is 8. The van der Waals surface area contributed by atoms with E-state index in [0.717, 1.165) is 28.1 Å². The fraction of sp³-hybridized carbons (Fsp3) is 0.409. The Kier molecular flexibility index (Phi) is 6.76. The van der Waals surface area contributed by atoms with Gasteiger partial charge in [-0.25, -0.2) is 9.50 Å². The molecule has 0 unspecified atom stereocenters. The summed E-state index contributed by atoms with van der Waals surface area (Å²) in [6.45, 7) is 7.92. The zero-order valence-corrected chi connectivity index (χ0v) is 17.8. The van der Waals surface area contributed by atoms with Crippen LogP contribution in [0.5, 0.6) is 0 Å². The monoisotopic (exact) mass is 409 g/mol. The average Bonchev–Trinajstić information content (AvgIpc) is 3.16. The predicted molar refractivity (Wildman–Crippen MR) is 112 cm³/mol. The second-order valence-electron chi connectivity index (χ2n) is 7.27. The number of aryl methyl sites for hydroxylation is 3. The average molecular weight is 409 g/mol. The van der Waals surface area contributed by atoms with Gasteiger partial charge < -0.3 is 10.1 Å². The van der Waals surface area contributed by atoms with Gasteiger partial charge in [0.15, 0.2) is 0 Å². The number of nitrogens with one attached hydrogen (secondary N) is 1. The van der Waals surface area contributed by atoms with Crippen molar-refractivity contribution in [1.82, 2.24) is 24.9 Å². The van der Waals surface area contributed by atoms with Crippen LogP contribution >= 0.6 is 0 Å². The minimum absolute atomic E-state index is 0.0904. The number of carbonyl (C=O) groups is 2. The lowest BCUT2D eigenvalue weighted by molar-refractivity contribution is -0.143. The molecular weight excluding hydrogens is 382 g/mol. The predicted octanol–water partition coefficient (Wildman–Crippen LogP) is 2.79. The van der Waals surface area contributed by atoms with Crippen molar-refractivity contribution in [2.45, 2.75) is 53.0 Å². The van der Waals surface area contributed by atoms with Gasteiger partial charge in [-0.15, -0.1) is 0 Å². The summed E-state index contributed by atoms with van der Waals surface area (Å²) in [7, 11) is 0. The Morgan fingerprint density at radius 3 is 2.60 bits per heavy atom. The van der Waals surface area contributed by atoms with Crippen LogP contribution in [0.25, 0.3) is 5.78 Å². The van der Waals surface area contributed by atoms with Crippen LogP contribution in [0.1, 0.15) is 53.9 Å². The highest BCUT2D eigenvalue weighted by molar-refractivity contribution is 5.78. The van der Waals surface area contributed by atoms with Crippen molar-refractivity contribution >= 4 is 17.7 Å². The molecule has 0 saturated carbocycles. The van der Waals surface area contributed by atoms with Gasteiger partial charge in [-0.05, 0) is 45.2 Å². The molecule has 8 nitrogen and oxygen atoms in total. The molecule has 0 aliphatic rings. The lowest BCUT2D eigenvalue weighted by atomic mass is 10.0. The summed E-state index contributed by atoms with van der Waals surface area (Å²) >= 11 is 0. The Hall–Kier alpha value is -3.29. The van der Waals surface area contributed by atoms with E-state index in [0.29, 0.717) is 18.8 Å². The van der Waals surface area contributed by atoms with E-state index < -0.39 is 6.04 Å². The Bertz CT molecular complexity index is 1040. The Morgan fingerprint density at radius 1 is 1.17 bits per heavy atom. The maximum atomic E-state index is 12.7. The lowest BCUT2D eigenvalue weighted by Crippen LogP contribution is -2.31. The van der Waals surface area contributed by atoms with Crippen molar-refractivity contribution in [3.05, 3.63) is 58.7 Å². The van der Waals surface area contributed by atoms with Gasteiger partial charge >= 0.3 is 5.97 Å². The number of fused-ring (bicyclic) bond motifs is 1. The molecule has 0 fully saturated rings. The van der Waals surface area contributed by atoms with Crippen LogP contribution in [-0.2, 0) is 20.7 Å². The molecule has 0 aliphatic heterocycles. The Balaban J connectivity index is 1.71. The number of aromatic nitrogens is 4. The topological polar surface area (TPSA) is 98.5 Å². The largest absolute Gasteiger partial charge is 0.466 e. The molecule has 2 heterocycles. The molecule has 3 aromatic rings. The number of benzene rings is 1. The summed E-state index contributed by atoms with van der Waals surface area (Å²) in [4.78, 5) is 33.3. The fourth-order valence-corrected chi connectivity index (χ4v) is 3.46. The normalized spacial score (nSPS) is 12.0. The lowest BCUT2D eigenvalue weighted by Gasteiger charge is -2.19. The van der Waals surface area contributed by atoms with Crippen LogP contribution in [0.3, 0.4) is 0 Å². The van der Waals surface area contributed by atoms with Crippen molar-refractivity contribution in [3.8, 4) is 0 Å². The first kappa shape index (κ1) is 21.4. The molecule has 1 N–H and O–H groups in total. The second-order valence-corrected chi connectivity index (χ2v) is 7.27. The number of esters is 1. The van der Waals surface area contributed by atoms with Gasteiger partial charge in [0, 0.05) is 17.8 Å². The van der Waals surface area contributed by atoms with E-state index in [1.54, 1.807) is 11.4 Å². The summed E-state index contributed by atoms with van der Waals surface area (Å²) in [5, 5.41) is 7.17. The van der Waals surface area contributed by atoms with Gasteiger partial charge in [0.2, 0.25) is 5.91 Å². The van der Waals surface area contributed by atoms with Gasteiger partial charge in [0.25, 0.3) is 5.78 Å². The highest BCUT2D eigenvalue weighted by atomic mass is 16.5. The van der Waals surface area contributed by atoms with E-state index in [1.807, 2.05) is 45.0 Å². The number of carbonyl (C=O) groups excluding carboxylic acids is 2. The smallest absolute Gasteiger partial charge is 0.308 e. The summed E-state index contributed by atoms with van der Waals surface area (Å²) in [5.74, 6) is 0.0744. The molecule has 0 saturated heterocycles. The maximum Gasteiger partial charge on any atom is 0.308 e. The summed E-state index contributed by atoms with van der Waals surface area (Å²) in [6, 6.07) is 7.35. The Labute approximate surface area is 175 Å². The molecule has 0 bridgehead atoms. The maximum absolute atomic E-state index is 12.7. The third-order valence-corrected chi connectivity index (χ3v) is 5.08. The highest BCUT2D eigenvalue weighted by Crippen LogP contribution is 2.20. The zero-order valence-electron chi connectivity index (χ0n) is 17.8. The van der Waals surface area contributed by atoms with Crippen molar-refractivity contribution in [2.75, 3.05) is 6.61 Å². The molecule has 8 heteroatoms.